The molecule has 2 aromatic carbocycles. The fourth-order valence-corrected chi connectivity index (χ4v) is 6.97. The molecule has 0 saturated carbocycles. The minimum Gasteiger partial charge on any atom is -0.502 e. The van der Waals surface area contributed by atoms with E-state index in [1.165, 1.54) is 28.7 Å². The van der Waals surface area contributed by atoms with Crippen LogP contribution in [0.25, 0.3) is 0 Å². The summed E-state index contributed by atoms with van der Waals surface area (Å²) < 4.78 is 31.2. The molecule has 7 rings (SSSR count). The number of aromatic hydroxyl groups is 1. The first-order valence-corrected chi connectivity index (χ1v) is 13.1. The number of halogens is 2. The number of aromatic amines is 1. The Bertz CT molecular complexity index is 1720. The van der Waals surface area contributed by atoms with Gasteiger partial charge < -0.3 is 10.0 Å². The van der Waals surface area contributed by atoms with Crippen LogP contribution in [0.15, 0.2) is 58.4 Å². The molecule has 2 N–H and O–H groups in total. The van der Waals surface area contributed by atoms with Crippen molar-refractivity contribution in [3.8, 4) is 5.75 Å². The van der Waals surface area contributed by atoms with E-state index in [1.54, 1.807) is 11.0 Å². The monoisotopic (exact) mass is 533 g/mol. The molecule has 8 nitrogen and oxygen atoms in total. The lowest BCUT2D eigenvalue weighted by Gasteiger charge is -2.51. The van der Waals surface area contributed by atoms with E-state index >= 15 is 4.39 Å². The number of pyridine rings is 1. The Morgan fingerprint density at radius 1 is 1.08 bits per heavy atom. The van der Waals surface area contributed by atoms with E-state index in [4.69, 9.17) is 0 Å². The molecule has 0 radical (unpaired) electrons. The maximum absolute atomic E-state index is 15.3. The molecule has 0 saturated heterocycles. The normalized spacial score (nSPS) is 19.7. The molecule has 0 bridgehead atoms. The summed E-state index contributed by atoms with van der Waals surface area (Å²) in [6, 6.07) is 10.9. The number of hydrogen-bond donors (Lipinski definition) is 2. The topological polar surface area (TPSA) is 94.5 Å². The van der Waals surface area contributed by atoms with E-state index in [0.717, 1.165) is 33.5 Å². The average molecular weight is 534 g/mol. The quantitative estimate of drug-likeness (QED) is 0.387. The van der Waals surface area contributed by atoms with Gasteiger partial charge in [0, 0.05) is 40.5 Å². The summed E-state index contributed by atoms with van der Waals surface area (Å²) in [5, 5.41) is 20.0. The number of aryl methyl sites for hydroxylation is 1. The van der Waals surface area contributed by atoms with Crippen molar-refractivity contribution in [3.05, 3.63) is 110 Å². The first kappa shape index (κ1) is 23.0. The summed E-state index contributed by atoms with van der Waals surface area (Å²) in [7, 11) is 0. The van der Waals surface area contributed by atoms with Gasteiger partial charge in [-0.25, -0.2) is 8.78 Å². The van der Waals surface area contributed by atoms with E-state index in [-0.39, 0.29) is 23.6 Å². The van der Waals surface area contributed by atoms with Crippen molar-refractivity contribution in [3.63, 3.8) is 0 Å². The number of H-pyrrole nitrogens is 1. The second-order valence-electron chi connectivity index (χ2n) is 9.64. The summed E-state index contributed by atoms with van der Waals surface area (Å²) in [6.07, 6.45) is 1.30. The van der Waals surface area contributed by atoms with Crippen molar-refractivity contribution < 1.29 is 18.7 Å². The van der Waals surface area contributed by atoms with Gasteiger partial charge in [-0.2, -0.15) is 5.10 Å². The molecule has 4 aromatic rings. The zero-order valence-corrected chi connectivity index (χ0v) is 20.9. The minimum atomic E-state index is -0.928. The number of hydrogen-bond acceptors (Lipinski definition) is 6. The summed E-state index contributed by atoms with van der Waals surface area (Å²) in [5.41, 5.74) is 3.34. The molecule has 11 heteroatoms. The molecule has 0 aliphatic carbocycles. The first-order valence-electron chi connectivity index (χ1n) is 12.1. The van der Waals surface area contributed by atoms with Gasteiger partial charge in [0.2, 0.25) is 5.43 Å². The highest BCUT2D eigenvalue weighted by atomic mass is 32.2. The van der Waals surface area contributed by atoms with Crippen LogP contribution in [-0.2, 0) is 18.7 Å². The third-order valence-corrected chi connectivity index (χ3v) is 8.80. The first-order chi connectivity index (χ1) is 18.3. The highest BCUT2D eigenvalue weighted by molar-refractivity contribution is 7.98. The number of fused-ring (bicyclic) bond motifs is 5. The highest BCUT2D eigenvalue weighted by Gasteiger charge is 2.47. The number of carbonyl (C=O) groups is 1. The Balaban J connectivity index is 1.54. The zero-order chi connectivity index (χ0) is 26.3. The summed E-state index contributed by atoms with van der Waals surface area (Å²) in [6.45, 7) is 2.08. The third kappa shape index (κ3) is 3.11. The fourth-order valence-electron chi connectivity index (χ4n) is 5.85. The number of thioether (sulfide) groups is 1. The van der Waals surface area contributed by atoms with E-state index in [9.17, 15) is 19.1 Å². The van der Waals surface area contributed by atoms with Gasteiger partial charge in [0.25, 0.3) is 5.91 Å². The Kier molecular flexibility index (Phi) is 4.96. The van der Waals surface area contributed by atoms with Gasteiger partial charge in [0.05, 0.1) is 24.0 Å². The molecular formula is C27H21F2N5O3S. The Labute approximate surface area is 219 Å². The zero-order valence-electron chi connectivity index (χ0n) is 20.1. The smallest absolute Gasteiger partial charge is 0.278 e. The number of benzene rings is 2. The number of carbonyl (C=O) groups excluding carboxylic acids is 1. The van der Waals surface area contributed by atoms with E-state index in [0.29, 0.717) is 12.0 Å². The van der Waals surface area contributed by atoms with Crippen LogP contribution >= 0.6 is 11.8 Å². The minimum absolute atomic E-state index is 0.174. The van der Waals surface area contributed by atoms with Crippen molar-refractivity contribution in [1.82, 2.24) is 19.8 Å². The van der Waals surface area contributed by atoms with Crippen LogP contribution in [-0.4, -0.2) is 37.0 Å². The van der Waals surface area contributed by atoms with Crippen LogP contribution in [0.3, 0.4) is 0 Å². The third-order valence-electron chi connectivity index (χ3n) is 7.68. The predicted octanol–water partition coefficient (Wildman–Crippen LogP) is 3.74. The van der Waals surface area contributed by atoms with Crippen molar-refractivity contribution in [2.45, 2.75) is 42.7 Å². The fraction of sp³-hybridized carbons (Fsp3) is 0.222. The van der Waals surface area contributed by atoms with Gasteiger partial charge in [-0.3, -0.25) is 24.4 Å². The number of nitrogens with zero attached hydrogens (tertiary/aromatic N) is 4. The summed E-state index contributed by atoms with van der Waals surface area (Å²) in [4.78, 5) is 28.7. The Hall–Kier alpha value is -4.12. The maximum Gasteiger partial charge on any atom is 0.278 e. The van der Waals surface area contributed by atoms with E-state index in [1.807, 2.05) is 36.2 Å². The molecule has 5 heterocycles. The Morgan fingerprint density at radius 2 is 1.89 bits per heavy atom. The highest BCUT2D eigenvalue weighted by Crippen LogP contribution is 2.46. The lowest BCUT2D eigenvalue weighted by molar-refractivity contribution is 0.0496. The molecular weight excluding hydrogens is 512 g/mol. The largest absolute Gasteiger partial charge is 0.502 e. The maximum atomic E-state index is 15.3. The second kappa shape index (κ2) is 8.19. The molecule has 0 spiro atoms. The van der Waals surface area contributed by atoms with Gasteiger partial charge >= 0.3 is 0 Å². The van der Waals surface area contributed by atoms with Gasteiger partial charge in [-0.15, -0.1) is 11.8 Å². The average Bonchev–Trinajstić information content (AvgIpc) is 3.19. The molecule has 3 aliphatic rings. The van der Waals surface area contributed by atoms with Crippen molar-refractivity contribution in [2.75, 3.05) is 5.01 Å². The molecule has 38 heavy (non-hydrogen) atoms. The SMILES string of the molecule is Cc1n[nH]c2c1C[C@@H]1N(C2)C(=O)c2c(O)c(=O)ccn2N1[C@@H]1c2ccccc2SCc2c1ccc(F)c2F. The lowest BCUT2D eigenvalue weighted by atomic mass is 9.91. The van der Waals surface area contributed by atoms with Crippen molar-refractivity contribution in [1.29, 1.82) is 0 Å². The molecule has 0 fully saturated rings. The van der Waals surface area contributed by atoms with Crippen molar-refractivity contribution in [2.24, 2.45) is 0 Å². The molecule has 2 aromatic heterocycles. The number of amides is 1. The van der Waals surface area contributed by atoms with Gasteiger partial charge in [0.1, 0.15) is 6.17 Å². The summed E-state index contributed by atoms with van der Waals surface area (Å²) in [5.74, 6) is -2.77. The number of nitrogens with one attached hydrogen (secondary N) is 1. The van der Waals surface area contributed by atoms with Crippen LogP contribution in [0, 0.1) is 18.6 Å². The number of rotatable bonds is 1. The van der Waals surface area contributed by atoms with Crippen LogP contribution in [0.5, 0.6) is 5.75 Å². The molecule has 3 aliphatic heterocycles. The molecule has 0 unspecified atom stereocenters. The summed E-state index contributed by atoms with van der Waals surface area (Å²) >= 11 is 1.41. The Morgan fingerprint density at radius 3 is 2.74 bits per heavy atom. The van der Waals surface area contributed by atoms with Gasteiger partial charge in [-0.05, 0) is 30.2 Å². The van der Waals surface area contributed by atoms with Gasteiger partial charge in [-0.1, -0.05) is 24.3 Å². The van der Waals surface area contributed by atoms with Crippen LogP contribution < -0.4 is 10.4 Å². The predicted molar refractivity (Wildman–Crippen MR) is 135 cm³/mol. The van der Waals surface area contributed by atoms with Crippen LogP contribution in [0.1, 0.15) is 50.2 Å². The standard InChI is InChI=1S/C27H21F2N5O3S/c1-13-16-10-22-32(11-19(16)31-30-13)27(37)25-26(36)20(35)8-9-33(25)34(22)24-14-6-7-18(28)23(29)17(14)12-38-21-5-3-2-4-15(21)24/h2-9,22,24,36H,10-12H2,1H3,(H,30,31)/t22-,24+/m1/s1. The number of aromatic nitrogens is 3. The van der Waals surface area contributed by atoms with Crippen LogP contribution in [0.4, 0.5) is 8.78 Å². The van der Waals surface area contributed by atoms with Crippen LogP contribution in [0.2, 0.25) is 0 Å². The van der Waals surface area contributed by atoms with E-state index < -0.39 is 40.9 Å². The van der Waals surface area contributed by atoms with E-state index in [2.05, 4.69) is 10.2 Å². The molecule has 2 atom stereocenters. The molecule has 192 valence electrons. The van der Waals surface area contributed by atoms with Gasteiger partial charge in [0.15, 0.2) is 23.1 Å². The molecule has 1 amide bonds. The van der Waals surface area contributed by atoms with Crippen molar-refractivity contribution >= 4 is 17.7 Å². The second-order valence-corrected chi connectivity index (χ2v) is 10.7. The lowest BCUT2D eigenvalue weighted by Crippen LogP contribution is -2.64.